The fraction of sp³-hybridized carbons (Fsp3) is 0.571. The lowest BCUT2D eigenvalue weighted by atomic mass is 10.1. The molecule has 0 aliphatic carbocycles. The molecule has 4 nitrogen and oxygen atoms in total. The molecule has 0 saturated carbocycles. The Kier molecular flexibility index (Phi) is 6.19. The average molecular weight is 250 g/mol. The molecule has 0 saturated heterocycles. The van der Waals surface area contributed by atoms with Gasteiger partial charge < -0.3 is 9.88 Å². The molecular weight excluding hydrogens is 228 g/mol. The van der Waals surface area contributed by atoms with E-state index in [1.165, 1.54) is 23.5 Å². The molecule has 100 valence electrons. The maximum Gasteiger partial charge on any atom is 0.250 e. The molecule has 18 heavy (non-hydrogen) atoms. The number of nitrogens with zero attached hydrogens (tertiary/aromatic N) is 1. The van der Waals surface area contributed by atoms with Crippen LogP contribution in [-0.4, -0.2) is 16.5 Å². The van der Waals surface area contributed by atoms with Gasteiger partial charge in [0.05, 0.1) is 0 Å². The topological polar surface area (TPSA) is 51.1 Å². The number of carbonyl (C=O) groups excluding carboxylic acids is 1. The average Bonchev–Trinajstić information content (AvgIpc) is 2.32. The van der Waals surface area contributed by atoms with E-state index >= 15 is 0 Å². The minimum atomic E-state index is -0.147. The second kappa shape index (κ2) is 7.69. The van der Waals surface area contributed by atoms with Crippen LogP contribution in [0.25, 0.3) is 0 Å². The van der Waals surface area contributed by atoms with Gasteiger partial charge in [-0.2, -0.15) is 0 Å². The van der Waals surface area contributed by atoms with E-state index in [1.807, 2.05) is 6.92 Å². The van der Waals surface area contributed by atoms with Crippen LogP contribution < -0.4 is 10.9 Å². The van der Waals surface area contributed by atoms with Gasteiger partial charge in [-0.05, 0) is 19.4 Å². The summed E-state index contributed by atoms with van der Waals surface area (Å²) in [7, 11) is 0. The van der Waals surface area contributed by atoms with Gasteiger partial charge in [0, 0.05) is 18.3 Å². The van der Waals surface area contributed by atoms with E-state index in [0.29, 0.717) is 0 Å². The molecule has 1 N–H and O–H groups in total. The highest BCUT2D eigenvalue weighted by atomic mass is 16.2. The monoisotopic (exact) mass is 250 g/mol. The molecule has 0 aliphatic rings. The lowest BCUT2D eigenvalue weighted by Crippen LogP contribution is -2.37. The van der Waals surface area contributed by atoms with Crippen molar-refractivity contribution in [3.8, 4) is 0 Å². The lowest BCUT2D eigenvalue weighted by Gasteiger charge is -2.14. The number of nitrogens with one attached hydrogen (secondary N) is 1. The van der Waals surface area contributed by atoms with E-state index in [2.05, 4.69) is 12.2 Å². The zero-order valence-corrected chi connectivity index (χ0v) is 11.2. The van der Waals surface area contributed by atoms with E-state index in [0.717, 1.165) is 12.8 Å². The molecule has 1 heterocycles. The highest BCUT2D eigenvalue weighted by Gasteiger charge is 2.07. The van der Waals surface area contributed by atoms with Gasteiger partial charge in [-0.3, -0.25) is 9.59 Å². The molecule has 0 fully saturated rings. The molecule has 1 aromatic rings. The fourth-order valence-electron chi connectivity index (χ4n) is 1.84. The highest BCUT2D eigenvalue weighted by molar-refractivity contribution is 5.75. The van der Waals surface area contributed by atoms with Gasteiger partial charge in [0.1, 0.15) is 6.54 Å². The third-order valence-electron chi connectivity index (χ3n) is 2.86. The first kappa shape index (κ1) is 14.5. The first-order valence-electron chi connectivity index (χ1n) is 6.58. The largest absolute Gasteiger partial charge is 0.352 e. The Hall–Kier alpha value is -1.58. The van der Waals surface area contributed by atoms with Crippen molar-refractivity contribution in [1.82, 2.24) is 9.88 Å². The third kappa shape index (κ3) is 5.17. The van der Waals surface area contributed by atoms with Gasteiger partial charge in [0.15, 0.2) is 0 Å². The van der Waals surface area contributed by atoms with Gasteiger partial charge >= 0.3 is 0 Å². The molecule has 0 spiro atoms. The van der Waals surface area contributed by atoms with Crippen molar-refractivity contribution < 1.29 is 4.79 Å². The van der Waals surface area contributed by atoms with Crippen molar-refractivity contribution in [2.75, 3.05) is 0 Å². The first-order valence-corrected chi connectivity index (χ1v) is 6.58. The van der Waals surface area contributed by atoms with E-state index in [1.54, 1.807) is 18.3 Å². The second-order valence-electron chi connectivity index (χ2n) is 4.63. The molecule has 0 bridgehead atoms. The van der Waals surface area contributed by atoms with Crippen LogP contribution in [0.1, 0.15) is 39.5 Å². The van der Waals surface area contributed by atoms with Crippen LogP contribution in [-0.2, 0) is 11.3 Å². The highest BCUT2D eigenvalue weighted by Crippen LogP contribution is 2.02. The number of amides is 1. The molecule has 1 aromatic heterocycles. The fourth-order valence-corrected chi connectivity index (χ4v) is 1.84. The maximum absolute atomic E-state index is 11.7. The quantitative estimate of drug-likeness (QED) is 0.752. The van der Waals surface area contributed by atoms with Crippen molar-refractivity contribution in [1.29, 1.82) is 0 Å². The number of rotatable bonds is 7. The Morgan fingerprint density at radius 1 is 1.39 bits per heavy atom. The van der Waals surface area contributed by atoms with Crippen LogP contribution in [0.3, 0.4) is 0 Å². The maximum atomic E-state index is 11.7. The normalized spacial score (nSPS) is 12.1. The zero-order chi connectivity index (χ0) is 13.4. The van der Waals surface area contributed by atoms with Crippen LogP contribution in [0.4, 0.5) is 0 Å². The standard InChI is InChI=1S/C14H22N2O2/c1-3-4-5-8-12(2)15-13(17)11-16-10-7-6-9-14(16)18/h6-7,9-10,12H,3-5,8,11H2,1-2H3,(H,15,17)/t12-/m0/s1. The van der Waals surface area contributed by atoms with Crippen LogP contribution in [0, 0.1) is 0 Å². The summed E-state index contributed by atoms with van der Waals surface area (Å²) < 4.78 is 1.41. The van der Waals surface area contributed by atoms with E-state index in [4.69, 9.17) is 0 Å². The number of pyridine rings is 1. The summed E-state index contributed by atoms with van der Waals surface area (Å²) in [5.74, 6) is -0.104. The number of hydrogen-bond donors (Lipinski definition) is 1. The van der Waals surface area contributed by atoms with Crippen LogP contribution in [0.2, 0.25) is 0 Å². The summed E-state index contributed by atoms with van der Waals surface area (Å²) in [6.07, 6.45) is 6.12. The summed E-state index contributed by atoms with van der Waals surface area (Å²) in [6, 6.07) is 5.05. The van der Waals surface area contributed by atoms with Crippen molar-refractivity contribution in [3.63, 3.8) is 0 Å². The van der Waals surface area contributed by atoms with Crippen LogP contribution in [0.15, 0.2) is 29.2 Å². The number of aromatic nitrogens is 1. The predicted molar refractivity (Wildman–Crippen MR) is 72.4 cm³/mol. The molecule has 1 atom stereocenters. The van der Waals surface area contributed by atoms with Crippen molar-refractivity contribution in [3.05, 3.63) is 34.7 Å². The number of unbranched alkanes of at least 4 members (excludes halogenated alkanes) is 2. The van der Waals surface area contributed by atoms with Crippen molar-refractivity contribution in [2.45, 2.75) is 52.1 Å². The first-order chi connectivity index (χ1) is 8.63. The van der Waals surface area contributed by atoms with E-state index < -0.39 is 0 Å². The summed E-state index contributed by atoms with van der Waals surface area (Å²) in [6.45, 7) is 4.25. The predicted octanol–water partition coefficient (Wildman–Crippen LogP) is 1.93. The second-order valence-corrected chi connectivity index (χ2v) is 4.63. The third-order valence-corrected chi connectivity index (χ3v) is 2.86. The van der Waals surface area contributed by atoms with Gasteiger partial charge in [-0.1, -0.05) is 32.3 Å². The molecule has 0 unspecified atom stereocenters. The summed E-state index contributed by atoms with van der Waals surface area (Å²) >= 11 is 0. The van der Waals surface area contributed by atoms with Crippen LogP contribution >= 0.6 is 0 Å². The molecule has 1 amide bonds. The van der Waals surface area contributed by atoms with E-state index in [9.17, 15) is 9.59 Å². The van der Waals surface area contributed by atoms with E-state index in [-0.39, 0.29) is 24.1 Å². The molecule has 0 aliphatic heterocycles. The number of carbonyl (C=O) groups is 1. The smallest absolute Gasteiger partial charge is 0.250 e. The summed E-state index contributed by atoms with van der Waals surface area (Å²) in [5, 5.41) is 2.92. The van der Waals surface area contributed by atoms with Crippen LogP contribution in [0.5, 0.6) is 0 Å². The Morgan fingerprint density at radius 2 is 2.17 bits per heavy atom. The lowest BCUT2D eigenvalue weighted by molar-refractivity contribution is -0.122. The summed E-state index contributed by atoms with van der Waals surface area (Å²) in [4.78, 5) is 23.2. The minimum Gasteiger partial charge on any atom is -0.352 e. The van der Waals surface area contributed by atoms with Gasteiger partial charge in [-0.25, -0.2) is 0 Å². The molecule has 0 radical (unpaired) electrons. The summed E-state index contributed by atoms with van der Waals surface area (Å²) in [5.41, 5.74) is -0.147. The Labute approximate surface area is 108 Å². The van der Waals surface area contributed by atoms with Gasteiger partial charge in [0.2, 0.25) is 5.91 Å². The van der Waals surface area contributed by atoms with Gasteiger partial charge in [-0.15, -0.1) is 0 Å². The molecule has 0 aromatic carbocycles. The molecule has 4 heteroatoms. The molecule has 1 rings (SSSR count). The Bertz CT molecular complexity index is 426. The van der Waals surface area contributed by atoms with Gasteiger partial charge in [0.25, 0.3) is 5.56 Å². The van der Waals surface area contributed by atoms with Crippen molar-refractivity contribution >= 4 is 5.91 Å². The minimum absolute atomic E-state index is 0.0950. The number of hydrogen-bond acceptors (Lipinski definition) is 2. The zero-order valence-electron chi connectivity index (χ0n) is 11.2. The molecular formula is C14H22N2O2. The van der Waals surface area contributed by atoms with Crippen molar-refractivity contribution in [2.24, 2.45) is 0 Å². The Morgan fingerprint density at radius 3 is 2.83 bits per heavy atom. The Balaban J connectivity index is 2.38. The SMILES string of the molecule is CCCCC[C@H](C)NC(=O)Cn1ccccc1=O.